The number of hydrogen-bond donors (Lipinski definition) is 2. The number of benzene rings is 1. The summed E-state index contributed by atoms with van der Waals surface area (Å²) >= 11 is 0. The molecule has 2 rings (SSSR count). The zero-order valence-corrected chi connectivity index (χ0v) is 12.9. The fourth-order valence-corrected chi connectivity index (χ4v) is 2.68. The summed E-state index contributed by atoms with van der Waals surface area (Å²) in [6, 6.07) is 5.56. The van der Waals surface area contributed by atoms with Crippen molar-refractivity contribution in [1.82, 2.24) is 10.6 Å². The van der Waals surface area contributed by atoms with Gasteiger partial charge in [-0.05, 0) is 43.5 Å². The number of carbonyl (C=O) groups is 1. The van der Waals surface area contributed by atoms with E-state index in [4.69, 9.17) is 9.47 Å². The average molecular weight is 292 g/mol. The van der Waals surface area contributed by atoms with Crippen LogP contribution in [-0.4, -0.2) is 39.3 Å². The molecule has 0 radical (unpaired) electrons. The largest absolute Gasteiger partial charge is 0.497 e. The fraction of sp³-hybridized carbons (Fsp3) is 0.562. The lowest BCUT2D eigenvalue weighted by atomic mass is 9.93. The maximum Gasteiger partial charge on any atom is 0.255 e. The topological polar surface area (TPSA) is 59.6 Å². The van der Waals surface area contributed by atoms with Crippen LogP contribution in [-0.2, 0) is 0 Å². The van der Waals surface area contributed by atoms with E-state index >= 15 is 0 Å². The third-order valence-corrected chi connectivity index (χ3v) is 4.06. The summed E-state index contributed by atoms with van der Waals surface area (Å²) in [6.45, 7) is 3.86. The Labute approximate surface area is 126 Å². The number of rotatable bonds is 5. The number of hydrogen-bond acceptors (Lipinski definition) is 4. The van der Waals surface area contributed by atoms with Crippen LogP contribution in [0.3, 0.4) is 0 Å². The van der Waals surface area contributed by atoms with E-state index in [1.54, 1.807) is 32.4 Å². The van der Waals surface area contributed by atoms with Gasteiger partial charge < -0.3 is 20.1 Å². The van der Waals surface area contributed by atoms with Gasteiger partial charge in [-0.15, -0.1) is 0 Å². The fourth-order valence-electron chi connectivity index (χ4n) is 2.68. The van der Waals surface area contributed by atoms with Crippen LogP contribution in [0.25, 0.3) is 0 Å². The summed E-state index contributed by atoms with van der Waals surface area (Å²) < 4.78 is 10.4. The number of piperidine rings is 1. The Hall–Kier alpha value is -1.75. The minimum absolute atomic E-state index is 0.134. The van der Waals surface area contributed by atoms with E-state index in [1.807, 2.05) is 0 Å². The van der Waals surface area contributed by atoms with E-state index in [0.717, 1.165) is 6.54 Å². The maximum absolute atomic E-state index is 12.4. The predicted molar refractivity (Wildman–Crippen MR) is 82.1 cm³/mol. The monoisotopic (exact) mass is 292 g/mol. The van der Waals surface area contributed by atoms with Crippen LogP contribution in [0.4, 0.5) is 0 Å². The zero-order chi connectivity index (χ0) is 15.2. The van der Waals surface area contributed by atoms with E-state index in [-0.39, 0.29) is 5.91 Å². The van der Waals surface area contributed by atoms with Gasteiger partial charge >= 0.3 is 0 Å². The number of carbonyl (C=O) groups excluding carboxylic acids is 1. The second-order valence-corrected chi connectivity index (χ2v) is 5.46. The Morgan fingerprint density at radius 1 is 1.38 bits per heavy atom. The smallest absolute Gasteiger partial charge is 0.255 e. The van der Waals surface area contributed by atoms with E-state index in [1.165, 1.54) is 12.8 Å². The molecule has 0 spiro atoms. The molecule has 21 heavy (non-hydrogen) atoms. The predicted octanol–water partition coefficient (Wildman–Crippen LogP) is 1.82. The van der Waals surface area contributed by atoms with Crippen LogP contribution in [0.1, 0.15) is 30.1 Å². The molecule has 0 saturated carbocycles. The lowest BCUT2D eigenvalue weighted by Gasteiger charge is -2.30. The van der Waals surface area contributed by atoms with Crippen molar-refractivity contribution >= 4 is 5.91 Å². The molecule has 1 fully saturated rings. The van der Waals surface area contributed by atoms with Crippen LogP contribution >= 0.6 is 0 Å². The standard InChI is InChI=1S/C16H24N2O3/c1-11-5-4-8-17-14(11)10-18-16(19)13-9-12(20-2)6-7-15(13)21-3/h6-7,9,11,14,17H,4-5,8,10H2,1-3H3,(H,18,19). The highest BCUT2D eigenvalue weighted by Crippen LogP contribution is 2.24. The van der Waals surface area contributed by atoms with Crippen molar-refractivity contribution in [2.24, 2.45) is 5.92 Å². The number of nitrogens with one attached hydrogen (secondary N) is 2. The van der Waals surface area contributed by atoms with Crippen molar-refractivity contribution < 1.29 is 14.3 Å². The lowest BCUT2D eigenvalue weighted by Crippen LogP contribution is -2.47. The molecule has 0 bridgehead atoms. The molecule has 1 heterocycles. The van der Waals surface area contributed by atoms with Gasteiger partial charge in [-0.25, -0.2) is 0 Å². The summed E-state index contributed by atoms with van der Waals surface area (Å²) in [4.78, 5) is 12.4. The van der Waals surface area contributed by atoms with Crippen molar-refractivity contribution in [1.29, 1.82) is 0 Å². The minimum Gasteiger partial charge on any atom is -0.497 e. The Morgan fingerprint density at radius 2 is 2.19 bits per heavy atom. The normalized spacial score (nSPS) is 21.7. The van der Waals surface area contributed by atoms with E-state index < -0.39 is 0 Å². The first-order chi connectivity index (χ1) is 10.2. The Morgan fingerprint density at radius 3 is 2.86 bits per heavy atom. The molecule has 1 aromatic carbocycles. The summed E-state index contributed by atoms with van der Waals surface area (Å²) in [5, 5.41) is 6.44. The van der Waals surface area contributed by atoms with Crippen LogP contribution in [0.2, 0.25) is 0 Å². The lowest BCUT2D eigenvalue weighted by molar-refractivity contribution is 0.0940. The first-order valence-corrected chi connectivity index (χ1v) is 7.39. The van der Waals surface area contributed by atoms with Crippen molar-refractivity contribution in [3.05, 3.63) is 23.8 Å². The molecule has 2 atom stereocenters. The van der Waals surface area contributed by atoms with Gasteiger partial charge in [-0.3, -0.25) is 4.79 Å². The molecule has 1 aromatic rings. The molecule has 5 nitrogen and oxygen atoms in total. The highest BCUT2D eigenvalue weighted by Gasteiger charge is 2.22. The third-order valence-electron chi connectivity index (χ3n) is 4.06. The molecule has 2 unspecified atom stereocenters. The first-order valence-electron chi connectivity index (χ1n) is 7.39. The van der Waals surface area contributed by atoms with E-state index in [2.05, 4.69) is 17.6 Å². The number of amides is 1. The average Bonchev–Trinajstić information content (AvgIpc) is 2.53. The first kappa shape index (κ1) is 15.6. The number of ether oxygens (including phenoxy) is 2. The zero-order valence-electron chi connectivity index (χ0n) is 12.9. The van der Waals surface area contributed by atoms with Gasteiger partial charge in [0.25, 0.3) is 5.91 Å². The van der Waals surface area contributed by atoms with Crippen LogP contribution in [0.5, 0.6) is 11.5 Å². The highest BCUT2D eigenvalue weighted by molar-refractivity contribution is 5.97. The molecular weight excluding hydrogens is 268 g/mol. The number of methoxy groups -OCH3 is 2. The quantitative estimate of drug-likeness (QED) is 0.869. The van der Waals surface area contributed by atoms with E-state index in [9.17, 15) is 4.79 Å². The summed E-state index contributed by atoms with van der Waals surface area (Å²) in [6.07, 6.45) is 2.41. The highest BCUT2D eigenvalue weighted by atomic mass is 16.5. The van der Waals surface area contributed by atoms with Crippen molar-refractivity contribution in [2.45, 2.75) is 25.8 Å². The second-order valence-electron chi connectivity index (χ2n) is 5.46. The van der Waals surface area contributed by atoms with Gasteiger partial charge in [0.1, 0.15) is 11.5 Å². The molecular formula is C16H24N2O3. The molecule has 0 aliphatic carbocycles. The second kappa shape index (κ2) is 7.31. The van der Waals surface area contributed by atoms with Gasteiger partial charge in [-0.1, -0.05) is 6.92 Å². The summed E-state index contributed by atoms with van der Waals surface area (Å²) in [5.74, 6) is 1.64. The van der Waals surface area contributed by atoms with Crippen molar-refractivity contribution in [3.8, 4) is 11.5 Å². The van der Waals surface area contributed by atoms with Crippen molar-refractivity contribution in [2.75, 3.05) is 27.3 Å². The molecule has 116 valence electrons. The molecule has 1 aliphatic heterocycles. The van der Waals surface area contributed by atoms with Crippen molar-refractivity contribution in [3.63, 3.8) is 0 Å². The van der Waals surface area contributed by atoms with Gasteiger partial charge in [0.05, 0.1) is 19.8 Å². The third kappa shape index (κ3) is 3.88. The Bertz CT molecular complexity index is 490. The Balaban J connectivity index is 2.02. The van der Waals surface area contributed by atoms with Gasteiger partial charge in [0.15, 0.2) is 0 Å². The Kier molecular flexibility index (Phi) is 5.44. The van der Waals surface area contributed by atoms with Gasteiger partial charge in [-0.2, -0.15) is 0 Å². The molecule has 5 heteroatoms. The van der Waals surface area contributed by atoms with Crippen LogP contribution < -0.4 is 20.1 Å². The molecule has 0 aromatic heterocycles. The molecule has 1 aliphatic rings. The van der Waals surface area contributed by atoms with Crippen LogP contribution in [0, 0.1) is 5.92 Å². The summed E-state index contributed by atoms with van der Waals surface area (Å²) in [7, 11) is 3.14. The minimum atomic E-state index is -0.134. The molecule has 2 N–H and O–H groups in total. The van der Waals surface area contributed by atoms with E-state index in [0.29, 0.717) is 35.6 Å². The van der Waals surface area contributed by atoms with Gasteiger partial charge in [0, 0.05) is 12.6 Å². The SMILES string of the molecule is COc1ccc(OC)c(C(=O)NCC2NCCCC2C)c1. The van der Waals surface area contributed by atoms with Gasteiger partial charge in [0.2, 0.25) is 0 Å². The molecule has 1 saturated heterocycles. The maximum atomic E-state index is 12.4. The molecule has 1 amide bonds. The van der Waals surface area contributed by atoms with Crippen LogP contribution in [0.15, 0.2) is 18.2 Å². The summed E-state index contributed by atoms with van der Waals surface area (Å²) in [5.41, 5.74) is 0.500.